The Bertz CT molecular complexity index is 252. The number of hydrogen-bond acceptors (Lipinski definition) is 4. The number of hydrogen-bond donors (Lipinski definition) is 0. The molecule has 0 aliphatic rings. The van der Waals surface area contributed by atoms with Crippen LogP contribution in [0.4, 0.5) is 0 Å². The van der Waals surface area contributed by atoms with Gasteiger partial charge in [-0.1, -0.05) is 5.57 Å². The number of esters is 2. The zero-order chi connectivity index (χ0) is 12.4. The number of carbonyl (C=O) groups excluding carboxylic acids is 2. The van der Waals surface area contributed by atoms with Crippen LogP contribution in [0.2, 0.25) is 0 Å². The molecule has 0 heterocycles. The highest BCUT2D eigenvalue weighted by molar-refractivity contribution is 5.72. The first-order valence-electron chi connectivity index (χ1n) is 5.50. The zero-order valence-electron chi connectivity index (χ0n) is 10.2. The van der Waals surface area contributed by atoms with Gasteiger partial charge in [0.25, 0.3) is 0 Å². The van der Waals surface area contributed by atoms with Crippen molar-refractivity contribution in [2.45, 2.75) is 40.0 Å². The maximum absolute atomic E-state index is 11.2. The molecule has 0 unspecified atom stereocenters. The molecule has 0 radical (unpaired) electrons. The molecule has 0 spiro atoms. The Morgan fingerprint density at radius 2 is 1.62 bits per heavy atom. The average Bonchev–Trinajstić information content (AvgIpc) is 2.17. The third kappa shape index (κ3) is 9.24. The van der Waals surface area contributed by atoms with Gasteiger partial charge in [0.1, 0.15) is 6.61 Å². The molecule has 4 heteroatoms. The van der Waals surface area contributed by atoms with Crippen LogP contribution in [0.3, 0.4) is 0 Å². The van der Waals surface area contributed by atoms with Crippen molar-refractivity contribution in [3.63, 3.8) is 0 Å². The summed E-state index contributed by atoms with van der Waals surface area (Å²) in [6.45, 7) is 6.32. The van der Waals surface area contributed by atoms with Crippen LogP contribution in [0.1, 0.15) is 40.0 Å². The Labute approximate surface area is 96.6 Å². The van der Waals surface area contributed by atoms with E-state index < -0.39 is 0 Å². The molecule has 0 aromatic rings. The van der Waals surface area contributed by atoms with E-state index in [9.17, 15) is 9.59 Å². The van der Waals surface area contributed by atoms with E-state index in [-0.39, 0.29) is 24.8 Å². The van der Waals surface area contributed by atoms with Crippen LogP contribution in [-0.2, 0) is 19.1 Å². The van der Waals surface area contributed by atoms with E-state index in [1.54, 1.807) is 6.92 Å². The molecular weight excluding hydrogens is 208 g/mol. The molecule has 0 aliphatic heterocycles. The van der Waals surface area contributed by atoms with Crippen molar-refractivity contribution in [2.75, 3.05) is 13.2 Å². The van der Waals surface area contributed by atoms with Gasteiger partial charge in [-0.25, -0.2) is 0 Å². The standard InChI is InChI=1S/C12H20O4/c1-4-15-11(13)6-5-7-12(14)16-9-8-10(2)3/h8H,4-7,9H2,1-3H3. The molecule has 0 amide bonds. The molecule has 4 nitrogen and oxygen atoms in total. The predicted molar refractivity (Wildman–Crippen MR) is 60.9 cm³/mol. The molecule has 16 heavy (non-hydrogen) atoms. The summed E-state index contributed by atoms with van der Waals surface area (Å²) in [5.41, 5.74) is 1.11. The van der Waals surface area contributed by atoms with Crippen LogP contribution >= 0.6 is 0 Å². The molecular formula is C12H20O4. The topological polar surface area (TPSA) is 52.6 Å². The van der Waals surface area contributed by atoms with E-state index in [1.165, 1.54) is 0 Å². The van der Waals surface area contributed by atoms with Crippen molar-refractivity contribution in [3.8, 4) is 0 Å². The molecule has 0 bridgehead atoms. The summed E-state index contributed by atoms with van der Waals surface area (Å²) in [6.07, 6.45) is 2.84. The minimum absolute atomic E-state index is 0.259. The van der Waals surface area contributed by atoms with Crippen molar-refractivity contribution in [1.29, 1.82) is 0 Å². The summed E-state index contributed by atoms with van der Waals surface area (Å²) in [7, 11) is 0. The van der Waals surface area contributed by atoms with Gasteiger partial charge in [0.15, 0.2) is 0 Å². The van der Waals surface area contributed by atoms with E-state index in [0.29, 0.717) is 19.6 Å². The smallest absolute Gasteiger partial charge is 0.306 e. The first-order chi connectivity index (χ1) is 7.56. The van der Waals surface area contributed by atoms with Crippen LogP contribution in [0.25, 0.3) is 0 Å². The Morgan fingerprint density at radius 1 is 1.06 bits per heavy atom. The SMILES string of the molecule is CCOC(=O)CCCC(=O)OCC=C(C)C. The van der Waals surface area contributed by atoms with Crippen molar-refractivity contribution in [3.05, 3.63) is 11.6 Å². The summed E-state index contributed by atoms with van der Waals surface area (Å²) in [5, 5.41) is 0. The molecule has 0 aromatic heterocycles. The molecule has 0 fully saturated rings. The van der Waals surface area contributed by atoms with E-state index in [2.05, 4.69) is 0 Å². The molecule has 0 saturated heterocycles. The van der Waals surface area contributed by atoms with Crippen LogP contribution < -0.4 is 0 Å². The fourth-order valence-corrected chi connectivity index (χ4v) is 0.984. The van der Waals surface area contributed by atoms with Gasteiger partial charge in [-0.2, -0.15) is 0 Å². The monoisotopic (exact) mass is 228 g/mol. The number of allylic oxidation sites excluding steroid dienone is 1. The quantitative estimate of drug-likeness (QED) is 0.495. The van der Waals surface area contributed by atoms with Crippen molar-refractivity contribution in [2.24, 2.45) is 0 Å². The summed E-state index contributed by atoms with van der Waals surface area (Å²) >= 11 is 0. The Balaban J connectivity index is 3.51. The minimum atomic E-state index is -0.276. The summed E-state index contributed by atoms with van der Waals surface area (Å²) < 4.78 is 9.66. The predicted octanol–water partition coefficient (Wildman–Crippen LogP) is 2.23. The summed E-state index contributed by atoms with van der Waals surface area (Å²) in [6, 6.07) is 0. The van der Waals surface area contributed by atoms with Gasteiger partial charge in [-0.3, -0.25) is 9.59 Å². The number of ether oxygens (including phenoxy) is 2. The van der Waals surface area contributed by atoms with E-state index in [0.717, 1.165) is 5.57 Å². The van der Waals surface area contributed by atoms with E-state index >= 15 is 0 Å². The van der Waals surface area contributed by atoms with Gasteiger partial charge < -0.3 is 9.47 Å². The number of rotatable bonds is 7. The molecule has 0 aromatic carbocycles. The largest absolute Gasteiger partial charge is 0.466 e. The van der Waals surface area contributed by atoms with Crippen molar-refractivity contribution >= 4 is 11.9 Å². The van der Waals surface area contributed by atoms with Gasteiger partial charge in [0.2, 0.25) is 0 Å². The third-order valence-electron chi connectivity index (χ3n) is 1.80. The maximum atomic E-state index is 11.2. The maximum Gasteiger partial charge on any atom is 0.306 e. The normalized spacial score (nSPS) is 9.44. The van der Waals surface area contributed by atoms with E-state index in [4.69, 9.17) is 9.47 Å². The van der Waals surface area contributed by atoms with Crippen LogP contribution in [0.5, 0.6) is 0 Å². The zero-order valence-corrected chi connectivity index (χ0v) is 10.2. The Morgan fingerprint density at radius 3 is 2.12 bits per heavy atom. The molecule has 0 N–H and O–H groups in total. The highest BCUT2D eigenvalue weighted by Crippen LogP contribution is 2.00. The first kappa shape index (κ1) is 14.7. The van der Waals surface area contributed by atoms with E-state index in [1.807, 2.05) is 19.9 Å². The van der Waals surface area contributed by atoms with Crippen LogP contribution in [-0.4, -0.2) is 25.2 Å². The lowest BCUT2D eigenvalue weighted by molar-refractivity contribution is -0.144. The molecule has 0 aliphatic carbocycles. The van der Waals surface area contributed by atoms with Crippen LogP contribution in [0, 0.1) is 0 Å². The average molecular weight is 228 g/mol. The Kier molecular flexibility index (Phi) is 8.21. The highest BCUT2D eigenvalue weighted by atomic mass is 16.5. The fourth-order valence-electron chi connectivity index (χ4n) is 0.984. The van der Waals surface area contributed by atoms with Crippen molar-refractivity contribution < 1.29 is 19.1 Å². The van der Waals surface area contributed by atoms with Gasteiger partial charge in [0.05, 0.1) is 6.61 Å². The second-order valence-corrected chi connectivity index (χ2v) is 3.62. The van der Waals surface area contributed by atoms with Gasteiger partial charge in [-0.05, 0) is 33.3 Å². The van der Waals surface area contributed by atoms with Crippen LogP contribution in [0.15, 0.2) is 11.6 Å². The lowest BCUT2D eigenvalue weighted by Crippen LogP contribution is -2.08. The fraction of sp³-hybridized carbons (Fsp3) is 0.667. The molecule has 0 atom stereocenters. The lowest BCUT2D eigenvalue weighted by Gasteiger charge is -2.02. The molecule has 0 rings (SSSR count). The second-order valence-electron chi connectivity index (χ2n) is 3.62. The molecule has 0 saturated carbocycles. The van der Waals surface area contributed by atoms with Gasteiger partial charge in [0, 0.05) is 12.8 Å². The highest BCUT2D eigenvalue weighted by Gasteiger charge is 2.05. The van der Waals surface area contributed by atoms with Gasteiger partial charge in [-0.15, -0.1) is 0 Å². The lowest BCUT2D eigenvalue weighted by atomic mass is 10.2. The minimum Gasteiger partial charge on any atom is -0.466 e. The van der Waals surface area contributed by atoms with Gasteiger partial charge >= 0.3 is 11.9 Å². The Hall–Kier alpha value is -1.32. The third-order valence-corrected chi connectivity index (χ3v) is 1.80. The van der Waals surface area contributed by atoms with Crippen molar-refractivity contribution in [1.82, 2.24) is 0 Å². The summed E-state index contributed by atoms with van der Waals surface area (Å²) in [5.74, 6) is -0.540. The molecule has 92 valence electrons. The first-order valence-corrected chi connectivity index (χ1v) is 5.50. The number of carbonyl (C=O) groups is 2. The second kappa shape index (κ2) is 8.95. The summed E-state index contributed by atoms with van der Waals surface area (Å²) in [4.78, 5) is 22.1.